The molecule has 9 heteroatoms. The fraction of sp³-hybridized carbons (Fsp3) is 0.350. The van der Waals surface area contributed by atoms with Gasteiger partial charge in [0.25, 0.3) is 10.0 Å². The summed E-state index contributed by atoms with van der Waals surface area (Å²) < 4.78 is 42.9. The molecule has 2 aromatic rings. The molecule has 2 rings (SSSR count). The molecule has 0 aliphatic heterocycles. The Kier molecular flexibility index (Phi) is 8.44. The van der Waals surface area contributed by atoms with Crippen LogP contribution in [-0.2, 0) is 24.3 Å². The summed E-state index contributed by atoms with van der Waals surface area (Å²) in [5.41, 5.74) is 0.806. The summed E-state index contributed by atoms with van der Waals surface area (Å²) in [6.45, 7) is 2.48. The van der Waals surface area contributed by atoms with E-state index in [9.17, 15) is 13.2 Å². The minimum absolute atomic E-state index is 0.0413. The van der Waals surface area contributed by atoms with Gasteiger partial charge in [0.1, 0.15) is 12.4 Å². The van der Waals surface area contributed by atoms with E-state index in [1.54, 1.807) is 31.2 Å². The molecule has 158 valence electrons. The van der Waals surface area contributed by atoms with Gasteiger partial charge in [-0.1, -0.05) is 18.2 Å². The van der Waals surface area contributed by atoms with Crippen LogP contribution in [0.15, 0.2) is 53.4 Å². The number of hydrogen-bond donors (Lipinski definition) is 1. The fourth-order valence-corrected chi connectivity index (χ4v) is 4.15. The quantitative estimate of drug-likeness (QED) is 0.559. The molecule has 0 atom stereocenters. The van der Waals surface area contributed by atoms with Crippen LogP contribution < -0.4 is 14.4 Å². The van der Waals surface area contributed by atoms with Crippen LogP contribution in [0.25, 0.3) is 0 Å². The summed E-state index contributed by atoms with van der Waals surface area (Å²) in [5, 5.41) is 2.63. The van der Waals surface area contributed by atoms with E-state index in [1.165, 1.54) is 36.7 Å². The Hall–Kier alpha value is -2.62. The van der Waals surface area contributed by atoms with Gasteiger partial charge < -0.3 is 19.5 Å². The first kappa shape index (κ1) is 22.7. The van der Waals surface area contributed by atoms with Crippen molar-refractivity contribution < 1.29 is 27.4 Å². The van der Waals surface area contributed by atoms with Crippen molar-refractivity contribution >= 4 is 27.3 Å². The SMILES string of the molecule is CCN(c1ccccc1)S(=O)(=O)c1ccc(OC)c(NC(=O)COCCOC)c1. The lowest BCUT2D eigenvalue weighted by atomic mass is 10.3. The van der Waals surface area contributed by atoms with Gasteiger partial charge in [-0.2, -0.15) is 0 Å². The summed E-state index contributed by atoms with van der Waals surface area (Å²) in [4.78, 5) is 12.2. The molecule has 0 aliphatic carbocycles. The molecule has 1 N–H and O–H groups in total. The first-order valence-corrected chi connectivity index (χ1v) is 10.5. The molecule has 0 saturated carbocycles. The van der Waals surface area contributed by atoms with Gasteiger partial charge in [0.15, 0.2) is 0 Å². The number of sulfonamides is 1. The highest BCUT2D eigenvalue weighted by atomic mass is 32.2. The Balaban J connectivity index is 2.27. The topological polar surface area (TPSA) is 94.2 Å². The maximum Gasteiger partial charge on any atom is 0.264 e. The average Bonchev–Trinajstić information content (AvgIpc) is 2.72. The van der Waals surface area contributed by atoms with Crippen molar-refractivity contribution in [3.8, 4) is 5.75 Å². The van der Waals surface area contributed by atoms with E-state index in [1.807, 2.05) is 6.07 Å². The van der Waals surface area contributed by atoms with Crippen molar-refractivity contribution in [3.63, 3.8) is 0 Å². The predicted octanol–water partition coefficient (Wildman–Crippen LogP) is 2.51. The van der Waals surface area contributed by atoms with Crippen LogP contribution >= 0.6 is 0 Å². The van der Waals surface area contributed by atoms with Crippen molar-refractivity contribution in [1.82, 2.24) is 0 Å². The number of nitrogens with zero attached hydrogens (tertiary/aromatic N) is 1. The molecule has 0 aromatic heterocycles. The van der Waals surface area contributed by atoms with Crippen molar-refractivity contribution in [2.24, 2.45) is 0 Å². The van der Waals surface area contributed by atoms with E-state index in [0.717, 1.165) is 0 Å². The molecular weight excluding hydrogens is 396 g/mol. The molecule has 2 aromatic carbocycles. The van der Waals surface area contributed by atoms with Crippen LogP contribution in [0.4, 0.5) is 11.4 Å². The van der Waals surface area contributed by atoms with Gasteiger partial charge in [0.2, 0.25) is 5.91 Å². The lowest BCUT2D eigenvalue weighted by Crippen LogP contribution is -2.30. The number of hydrogen-bond acceptors (Lipinski definition) is 6. The first-order valence-electron chi connectivity index (χ1n) is 9.06. The third-order valence-electron chi connectivity index (χ3n) is 4.03. The molecule has 0 aliphatic rings. The molecular formula is C20H26N2O6S. The van der Waals surface area contributed by atoms with Crippen molar-refractivity contribution in [1.29, 1.82) is 0 Å². The van der Waals surface area contributed by atoms with Gasteiger partial charge in [-0.25, -0.2) is 8.42 Å². The highest BCUT2D eigenvalue weighted by molar-refractivity contribution is 7.92. The number of nitrogens with one attached hydrogen (secondary N) is 1. The second-order valence-electron chi connectivity index (χ2n) is 5.96. The van der Waals surface area contributed by atoms with E-state index in [-0.39, 0.29) is 30.3 Å². The number of rotatable bonds is 11. The van der Waals surface area contributed by atoms with Crippen LogP contribution in [0.5, 0.6) is 5.75 Å². The zero-order valence-electron chi connectivity index (χ0n) is 16.8. The van der Waals surface area contributed by atoms with Gasteiger partial charge in [-0.05, 0) is 37.3 Å². The summed E-state index contributed by atoms with van der Waals surface area (Å²) in [7, 11) is -0.855. The lowest BCUT2D eigenvalue weighted by molar-refractivity contribution is -0.121. The van der Waals surface area contributed by atoms with Crippen LogP contribution in [0.3, 0.4) is 0 Å². The Morgan fingerprint density at radius 2 is 1.79 bits per heavy atom. The maximum absolute atomic E-state index is 13.2. The normalized spacial score (nSPS) is 11.1. The van der Waals surface area contributed by atoms with Gasteiger partial charge in [-0.15, -0.1) is 0 Å². The number of ether oxygens (including phenoxy) is 3. The van der Waals surface area contributed by atoms with Gasteiger partial charge in [-0.3, -0.25) is 9.10 Å². The minimum atomic E-state index is -3.83. The largest absolute Gasteiger partial charge is 0.495 e. The Morgan fingerprint density at radius 3 is 2.41 bits per heavy atom. The summed E-state index contributed by atoms with van der Waals surface area (Å²) in [6, 6.07) is 13.2. The van der Waals surface area contributed by atoms with Crippen LogP contribution in [-0.4, -0.2) is 54.9 Å². The standard InChI is InChI=1S/C20H26N2O6S/c1-4-22(16-8-6-5-7-9-16)29(24,25)17-10-11-19(27-3)18(14-17)21-20(23)15-28-13-12-26-2/h5-11,14H,4,12-13,15H2,1-3H3,(H,21,23). The van der Waals surface area contributed by atoms with E-state index in [2.05, 4.69) is 5.32 Å². The predicted molar refractivity (Wildman–Crippen MR) is 111 cm³/mol. The summed E-state index contributed by atoms with van der Waals surface area (Å²) >= 11 is 0. The van der Waals surface area contributed by atoms with E-state index < -0.39 is 15.9 Å². The Morgan fingerprint density at radius 1 is 1.07 bits per heavy atom. The molecule has 0 radical (unpaired) electrons. The Bertz CT molecular complexity index is 902. The van der Waals surface area contributed by atoms with Gasteiger partial charge >= 0.3 is 0 Å². The fourth-order valence-electron chi connectivity index (χ4n) is 2.65. The van der Waals surface area contributed by atoms with E-state index >= 15 is 0 Å². The second-order valence-corrected chi connectivity index (χ2v) is 7.82. The Labute approximate surface area is 171 Å². The maximum atomic E-state index is 13.2. The molecule has 29 heavy (non-hydrogen) atoms. The first-order chi connectivity index (χ1) is 13.9. The zero-order chi connectivity index (χ0) is 21.3. The molecule has 0 fully saturated rings. The van der Waals surface area contributed by atoms with Crippen LogP contribution in [0.2, 0.25) is 0 Å². The van der Waals surface area contributed by atoms with Crippen LogP contribution in [0.1, 0.15) is 6.92 Å². The molecule has 0 spiro atoms. The summed E-state index contributed by atoms with van der Waals surface area (Å²) in [6.07, 6.45) is 0. The minimum Gasteiger partial charge on any atom is -0.495 e. The number of amides is 1. The number of carbonyl (C=O) groups excluding carboxylic acids is 1. The molecule has 0 saturated heterocycles. The van der Waals surface area contributed by atoms with Crippen molar-refractivity contribution in [2.75, 3.05) is 50.2 Å². The molecule has 0 unspecified atom stereocenters. The van der Waals surface area contributed by atoms with Crippen molar-refractivity contribution in [3.05, 3.63) is 48.5 Å². The third-order valence-corrected chi connectivity index (χ3v) is 5.93. The number of benzene rings is 2. The van der Waals surface area contributed by atoms with Crippen LogP contribution in [0, 0.1) is 0 Å². The number of para-hydroxylation sites is 1. The lowest BCUT2D eigenvalue weighted by Gasteiger charge is -2.23. The van der Waals surface area contributed by atoms with Gasteiger partial charge in [0.05, 0.1) is 36.6 Å². The smallest absolute Gasteiger partial charge is 0.264 e. The summed E-state index contributed by atoms with van der Waals surface area (Å²) in [5.74, 6) is -0.0821. The number of anilines is 2. The zero-order valence-corrected chi connectivity index (χ0v) is 17.6. The highest BCUT2D eigenvalue weighted by Gasteiger charge is 2.25. The number of carbonyl (C=O) groups is 1. The highest BCUT2D eigenvalue weighted by Crippen LogP contribution is 2.30. The molecule has 0 heterocycles. The second kappa shape index (κ2) is 10.8. The molecule has 0 bridgehead atoms. The van der Waals surface area contributed by atoms with Gasteiger partial charge in [0, 0.05) is 13.7 Å². The van der Waals surface area contributed by atoms with Crippen molar-refractivity contribution in [2.45, 2.75) is 11.8 Å². The van der Waals surface area contributed by atoms with E-state index in [0.29, 0.717) is 18.0 Å². The molecule has 8 nitrogen and oxygen atoms in total. The third kappa shape index (κ3) is 5.93. The van der Waals surface area contributed by atoms with E-state index in [4.69, 9.17) is 14.2 Å². The average molecular weight is 423 g/mol. The molecule has 1 amide bonds. The number of methoxy groups -OCH3 is 2. The monoisotopic (exact) mass is 422 g/mol.